The van der Waals surface area contributed by atoms with Crippen LogP contribution in [0.2, 0.25) is 0 Å². The average molecular weight is 322 g/mol. The highest BCUT2D eigenvalue weighted by Gasteiger charge is 2.35. The van der Waals surface area contributed by atoms with Crippen molar-refractivity contribution in [2.45, 2.75) is 37.8 Å². The molecule has 0 aliphatic carbocycles. The fourth-order valence-electron chi connectivity index (χ4n) is 3.53. The van der Waals surface area contributed by atoms with E-state index in [9.17, 15) is 9.18 Å². The van der Waals surface area contributed by atoms with Crippen molar-refractivity contribution in [2.24, 2.45) is 0 Å². The molecule has 8 heteroatoms. The van der Waals surface area contributed by atoms with Gasteiger partial charge in [0, 0.05) is 25.7 Å². The van der Waals surface area contributed by atoms with Gasteiger partial charge in [-0.2, -0.15) is 4.39 Å². The molecule has 2 atom stereocenters. The maximum absolute atomic E-state index is 14.2. The molecule has 0 aromatic carbocycles. The van der Waals surface area contributed by atoms with Crippen molar-refractivity contribution < 1.29 is 9.18 Å². The summed E-state index contributed by atoms with van der Waals surface area (Å²) in [6.45, 7) is 2.06. The highest BCUT2D eigenvalue weighted by Crippen LogP contribution is 2.26. The molecule has 7 nitrogen and oxygen atoms in total. The van der Waals surface area contributed by atoms with E-state index in [-0.39, 0.29) is 29.6 Å². The Hall–Kier alpha value is -1.96. The summed E-state index contributed by atoms with van der Waals surface area (Å²) in [5.74, 6) is -0.335. The van der Waals surface area contributed by atoms with Gasteiger partial charge in [0.15, 0.2) is 11.6 Å². The number of amides is 1. The van der Waals surface area contributed by atoms with Gasteiger partial charge in [-0.1, -0.05) is 0 Å². The van der Waals surface area contributed by atoms with E-state index in [0.717, 1.165) is 32.2 Å². The molecule has 2 aliphatic heterocycles. The van der Waals surface area contributed by atoms with Crippen molar-refractivity contribution in [1.29, 1.82) is 0 Å². The van der Waals surface area contributed by atoms with Crippen molar-refractivity contribution in [3.8, 4) is 0 Å². The van der Waals surface area contributed by atoms with Gasteiger partial charge in [0.05, 0.1) is 6.04 Å². The van der Waals surface area contributed by atoms with Gasteiger partial charge in [-0.3, -0.25) is 4.79 Å². The molecular formula is C15H23FN6O. The normalized spacial score (nSPS) is 25.7. The van der Waals surface area contributed by atoms with Crippen molar-refractivity contribution in [3.63, 3.8) is 0 Å². The number of hydrogen-bond acceptors (Lipinski definition) is 6. The molecule has 1 amide bonds. The number of nitrogens with zero attached hydrogens (tertiary/aromatic N) is 4. The van der Waals surface area contributed by atoms with Crippen LogP contribution < -0.4 is 16.0 Å². The van der Waals surface area contributed by atoms with E-state index in [1.54, 1.807) is 0 Å². The first-order valence-corrected chi connectivity index (χ1v) is 8.10. The molecule has 0 saturated carbocycles. The average Bonchev–Trinajstić information content (AvgIpc) is 2.58. The van der Waals surface area contributed by atoms with Crippen molar-refractivity contribution >= 4 is 17.5 Å². The maximum atomic E-state index is 14.2. The van der Waals surface area contributed by atoms with Gasteiger partial charge >= 0.3 is 0 Å². The SMILES string of the molecule is CNC1CCCN(C2CCCN(c3ncnc(N)c3F)C2)C1=O. The van der Waals surface area contributed by atoms with E-state index < -0.39 is 5.82 Å². The van der Waals surface area contributed by atoms with Crippen molar-refractivity contribution in [1.82, 2.24) is 20.2 Å². The summed E-state index contributed by atoms with van der Waals surface area (Å²) in [7, 11) is 1.82. The third-order valence-corrected chi connectivity index (χ3v) is 4.76. The number of nitrogen functional groups attached to an aromatic ring is 1. The first-order chi connectivity index (χ1) is 11.1. The number of nitrogens with two attached hydrogens (primary N) is 1. The molecule has 23 heavy (non-hydrogen) atoms. The number of halogens is 1. The molecule has 126 valence electrons. The molecule has 2 saturated heterocycles. The van der Waals surface area contributed by atoms with Crippen LogP contribution in [0.15, 0.2) is 6.33 Å². The smallest absolute Gasteiger partial charge is 0.240 e. The lowest BCUT2D eigenvalue weighted by Gasteiger charge is -2.43. The number of hydrogen-bond donors (Lipinski definition) is 2. The second kappa shape index (κ2) is 6.66. The topological polar surface area (TPSA) is 87.4 Å². The zero-order valence-corrected chi connectivity index (χ0v) is 13.3. The monoisotopic (exact) mass is 322 g/mol. The third-order valence-electron chi connectivity index (χ3n) is 4.76. The molecule has 2 aliphatic rings. The number of piperidine rings is 2. The van der Waals surface area contributed by atoms with Crippen LogP contribution in [0.3, 0.4) is 0 Å². The summed E-state index contributed by atoms with van der Waals surface area (Å²) in [5.41, 5.74) is 5.54. The van der Waals surface area contributed by atoms with Crippen LogP contribution in [0.1, 0.15) is 25.7 Å². The number of likely N-dealkylation sites (tertiary alicyclic amines) is 1. The van der Waals surface area contributed by atoms with Gasteiger partial charge in [0.2, 0.25) is 11.7 Å². The summed E-state index contributed by atoms with van der Waals surface area (Å²) in [4.78, 5) is 24.1. The highest BCUT2D eigenvalue weighted by molar-refractivity contribution is 5.83. The Morgan fingerprint density at radius 1 is 1.30 bits per heavy atom. The van der Waals surface area contributed by atoms with Gasteiger partial charge in [0.1, 0.15) is 6.33 Å². The Kier molecular flexibility index (Phi) is 4.61. The Labute approximate surface area is 135 Å². The summed E-state index contributed by atoms with van der Waals surface area (Å²) < 4.78 is 14.2. The predicted molar refractivity (Wildman–Crippen MR) is 85.4 cm³/mol. The van der Waals surface area contributed by atoms with Crippen molar-refractivity contribution in [2.75, 3.05) is 37.3 Å². The number of aromatic nitrogens is 2. The lowest BCUT2D eigenvalue weighted by Crippen LogP contribution is -2.57. The zero-order chi connectivity index (χ0) is 16.4. The van der Waals surface area contributed by atoms with E-state index in [2.05, 4.69) is 15.3 Å². The minimum absolute atomic E-state index is 0.0861. The second-order valence-electron chi connectivity index (χ2n) is 6.15. The number of carbonyl (C=O) groups excluding carboxylic acids is 1. The van der Waals surface area contributed by atoms with Crippen LogP contribution in [0.4, 0.5) is 16.0 Å². The quantitative estimate of drug-likeness (QED) is 0.836. The first-order valence-electron chi connectivity index (χ1n) is 8.10. The van der Waals surface area contributed by atoms with Gasteiger partial charge in [0.25, 0.3) is 0 Å². The van der Waals surface area contributed by atoms with Gasteiger partial charge in [-0.15, -0.1) is 0 Å². The van der Waals surface area contributed by atoms with Crippen LogP contribution in [0.25, 0.3) is 0 Å². The Balaban J connectivity index is 1.75. The maximum Gasteiger partial charge on any atom is 0.240 e. The predicted octanol–water partition coefficient (Wildman–Crippen LogP) is 0.377. The Bertz CT molecular complexity index is 583. The van der Waals surface area contributed by atoms with E-state index in [4.69, 9.17) is 5.73 Å². The number of carbonyl (C=O) groups is 1. The van der Waals surface area contributed by atoms with E-state index >= 15 is 0 Å². The van der Waals surface area contributed by atoms with E-state index in [1.165, 1.54) is 6.33 Å². The van der Waals surface area contributed by atoms with Crippen LogP contribution >= 0.6 is 0 Å². The molecule has 1 aromatic heterocycles. The largest absolute Gasteiger partial charge is 0.381 e. The third kappa shape index (κ3) is 3.08. The molecule has 3 N–H and O–H groups in total. The highest BCUT2D eigenvalue weighted by atomic mass is 19.1. The van der Waals surface area contributed by atoms with Gasteiger partial charge in [-0.05, 0) is 32.7 Å². The zero-order valence-electron chi connectivity index (χ0n) is 13.3. The number of likely N-dealkylation sites (N-methyl/N-ethyl adjacent to an activating group) is 1. The molecule has 3 heterocycles. The minimum Gasteiger partial charge on any atom is -0.381 e. The molecule has 1 aromatic rings. The molecule has 0 spiro atoms. The fourth-order valence-corrected chi connectivity index (χ4v) is 3.53. The number of rotatable bonds is 3. The van der Waals surface area contributed by atoms with E-state index in [0.29, 0.717) is 13.1 Å². The van der Waals surface area contributed by atoms with Crippen molar-refractivity contribution in [3.05, 3.63) is 12.1 Å². The number of anilines is 2. The standard InChI is InChI=1S/C15H23FN6O/c1-18-11-5-3-7-22(15(11)23)10-4-2-6-21(8-10)14-12(16)13(17)19-9-20-14/h9-11,18H,2-8H2,1H3,(H2,17,19,20). The lowest BCUT2D eigenvalue weighted by atomic mass is 9.98. The summed E-state index contributed by atoms with van der Waals surface area (Å²) >= 11 is 0. The summed E-state index contributed by atoms with van der Waals surface area (Å²) in [6.07, 6.45) is 4.96. The molecular weight excluding hydrogens is 299 g/mol. The van der Waals surface area contributed by atoms with E-state index in [1.807, 2.05) is 16.8 Å². The number of nitrogens with one attached hydrogen (secondary N) is 1. The first kappa shape index (κ1) is 15.9. The molecule has 2 fully saturated rings. The molecule has 0 radical (unpaired) electrons. The molecule has 0 bridgehead atoms. The fraction of sp³-hybridized carbons (Fsp3) is 0.667. The minimum atomic E-state index is -0.578. The lowest BCUT2D eigenvalue weighted by molar-refractivity contribution is -0.138. The van der Waals surface area contributed by atoms with Gasteiger partial charge < -0.3 is 20.9 Å². The van der Waals surface area contributed by atoms with Crippen LogP contribution in [0.5, 0.6) is 0 Å². The summed E-state index contributed by atoms with van der Waals surface area (Å²) in [5, 5.41) is 3.08. The van der Waals surface area contributed by atoms with Crippen LogP contribution in [-0.2, 0) is 4.79 Å². The molecule has 3 rings (SSSR count). The Morgan fingerprint density at radius 2 is 2.09 bits per heavy atom. The molecule has 2 unspecified atom stereocenters. The van der Waals surface area contributed by atoms with Crippen LogP contribution in [0, 0.1) is 5.82 Å². The summed E-state index contributed by atoms with van der Waals surface area (Å²) in [6, 6.07) is -0.0199. The second-order valence-corrected chi connectivity index (χ2v) is 6.15. The van der Waals surface area contributed by atoms with Gasteiger partial charge in [-0.25, -0.2) is 9.97 Å². The van der Waals surface area contributed by atoms with Crippen LogP contribution in [-0.4, -0.2) is 59.5 Å². The Morgan fingerprint density at radius 3 is 2.87 bits per heavy atom.